The Morgan fingerprint density at radius 1 is 0.917 bits per heavy atom. The standard InChI is InChI=1S/C8H16O4/c1-7(11)3-5(9)6(10)4-8(7,2)12/h5-6,9-12H,3-4H2,1-2H3. The highest BCUT2D eigenvalue weighted by atomic mass is 16.4. The van der Waals surface area contributed by atoms with E-state index in [1.165, 1.54) is 13.8 Å². The Morgan fingerprint density at radius 2 is 1.17 bits per heavy atom. The molecule has 1 aliphatic carbocycles. The first kappa shape index (κ1) is 9.92. The zero-order valence-electron chi connectivity index (χ0n) is 7.36. The Kier molecular flexibility index (Phi) is 2.21. The SMILES string of the molecule is CC1(O)CC(O)C(O)CC1(C)O. The fourth-order valence-corrected chi connectivity index (χ4v) is 1.53. The molecule has 4 N–H and O–H groups in total. The van der Waals surface area contributed by atoms with Crippen molar-refractivity contribution in [3.8, 4) is 0 Å². The average molecular weight is 176 g/mol. The highest BCUT2D eigenvalue weighted by Crippen LogP contribution is 2.36. The molecule has 12 heavy (non-hydrogen) atoms. The molecular weight excluding hydrogens is 160 g/mol. The van der Waals surface area contributed by atoms with Gasteiger partial charge in [-0.3, -0.25) is 0 Å². The van der Waals surface area contributed by atoms with Gasteiger partial charge in [0.05, 0.1) is 23.4 Å². The van der Waals surface area contributed by atoms with Crippen molar-refractivity contribution in [2.75, 3.05) is 0 Å². The third-order valence-electron chi connectivity index (χ3n) is 2.82. The van der Waals surface area contributed by atoms with Gasteiger partial charge in [0, 0.05) is 12.8 Å². The van der Waals surface area contributed by atoms with Crippen LogP contribution in [0.1, 0.15) is 26.7 Å². The molecule has 0 saturated heterocycles. The molecule has 72 valence electrons. The van der Waals surface area contributed by atoms with Gasteiger partial charge in [-0.15, -0.1) is 0 Å². The van der Waals surface area contributed by atoms with Gasteiger partial charge < -0.3 is 20.4 Å². The molecule has 0 aromatic rings. The summed E-state index contributed by atoms with van der Waals surface area (Å²) in [6.45, 7) is 2.92. The van der Waals surface area contributed by atoms with Crippen LogP contribution in [0.2, 0.25) is 0 Å². The molecule has 0 amide bonds. The fourth-order valence-electron chi connectivity index (χ4n) is 1.53. The number of aliphatic hydroxyl groups is 4. The third-order valence-corrected chi connectivity index (χ3v) is 2.82. The molecule has 0 aromatic heterocycles. The van der Waals surface area contributed by atoms with E-state index < -0.39 is 23.4 Å². The topological polar surface area (TPSA) is 80.9 Å². The van der Waals surface area contributed by atoms with E-state index in [0.29, 0.717) is 0 Å². The zero-order valence-corrected chi connectivity index (χ0v) is 7.36. The summed E-state index contributed by atoms with van der Waals surface area (Å²) < 4.78 is 0. The second-order valence-corrected chi connectivity index (χ2v) is 4.09. The molecule has 0 aliphatic heterocycles. The van der Waals surface area contributed by atoms with Crippen LogP contribution >= 0.6 is 0 Å². The fraction of sp³-hybridized carbons (Fsp3) is 1.00. The predicted molar refractivity (Wildman–Crippen MR) is 42.5 cm³/mol. The van der Waals surface area contributed by atoms with Crippen molar-refractivity contribution < 1.29 is 20.4 Å². The largest absolute Gasteiger partial charge is 0.390 e. The van der Waals surface area contributed by atoms with E-state index in [4.69, 9.17) is 0 Å². The molecule has 4 unspecified atom stereocenters. The molecule has 1 rings (SSSR count). The minimum absolute atomic E-state index is 0.00116. The predicted octanol–water partition coefficient (Wildman–Crippen LogP) is -0.996. The van der Waals surface area contributed by atoms with Crippen LogP contribution in [0, 0.1) is 0 Å². The molecule has 4 atom stereocenters. The normalized spacial score (nSPS) is 55.5. The van der Waals surface area contributed by atoms with Crippen molar-refractivity contribution in [1.29, 1.82) is 0 Å². The lowest BCUT2D eigenvalue weighted by Crippen LogP contribution is -2.59. The lowest BCUT2D eigenvalue weighted by Gasteiger charge is -2.46. The van der Waals surface area contributed by atoms with Gasteiger partial charge in [0.15, 0.2) is 0 Å². The minimum atomic E-state index is -1.33. The van der Waals surface area contributed by atoms with E-state index in [2.05, 4.69) is 0 Å². The summed E-state index contributed by atoms with van der Waals surface area (Å²) in [5.41, 5.74) is -2.66. The Balaban J connectivity index is 2.80. The van der Waals surface area contributed by atoms with E-state index in [-0.39, 0.29) is 12.8 Å². The number of aliphatic hydroxyl groups excluding tert-OH is 2. The van der Waals surface area contributed by atoms with Crippen molar-refractivity contribution >= 4 is 0 Å². The third kappa shape index (κ3) is 1.47. The molecule has 4 nitrogen and oxygen atoms in total. The summed E-state index contributed by atoms with van der Waals surface area (Å²) in [7, 11) is 0. The zero-order chi connectivity index (χ0) is 9.57. The van der Waals surface area contributed by atoms with Crippen LogP contribution in [0.15, 0.2) is 0 Å². The van der Waals surface area contributed by atoms with Crippen molar-refractivity contribution in [1.82, 2.24) is 0 Å². The van der Waals surface area contributed by atoms with Gasteiger partial charge in [0.1, 0.15) is 0 Å². The van der Waals surface area contributed by atoms with Gasteiger partial charge in [0.2, 0.25) is 0 Å². The van der Waals surface area contributed by atoms with E-state index in [1.807, 2.05) is 0 Å². The first-order valence-electron chi connectivity index (χ1n) is 4.07. The molecular formula is C8H16O4. The highest BCUT2D eigenvalue weighted by Gasteiger charge is 2.49. The Labute approximate surface area is 71.5 Å². The summed E-state index contributed by atoms with van der Waals surface area (Å²) in [4.78, 5) is 0. The highest BCUT2D eigenvalue weighted by molar-refractivity contribution is 5.02. The molecule has 1 aliphatic rings. The molecule has 1 fully saturated rings. The van der Waals surface area contributed by atoms with Crippen LogP contribution in [-0.2, 0) is 0 Å². The van der Waals surface area contributed by atoms with Crippen molar-refractivity contribution in [3.63, 3.8) is 0 Å². The number of rotatable bonds is 0. The maximum absolute atomic E-state index is 9.67. The maximum atomic E-state index is 9.67. The van der Waals surface area contributed by atoms with Crippen LogP contribution in [0.25, 0.3) is 0 Å². The van der Waals surface area contributed by atoms with Crippen molar-refractivity contribution in [2.24, 2.45) is 0 Å². The average Bonchev–Trinajstić information content (AvgIpc) is 1.82. The molecule has 0 spiro atoms. The molecule has 0 heterocycles. The second kappa shape index (κ2) is 2.67. The summed E-state index contributed by atoms with van der Waals surface area (Å²) >= 11 is 0. The lowest BCUT2D eigenvalue weighted by atomic mass is 9.71. The summed E-state index contributed by atoms with van der Waals surface area (Å²) in [6.07, 6.45) is -1.89. The monoisotopic (exact) mass is 176 g/mol. The first-order valence-corrected chi connectivity index (χ1v) is 4.07. The molecule has 0 radical (unpaired) electrons. The number of hydrogen-bond acceptors (Lipinski definition) is 4. The van der Waals surface area contributed by atoms with Gasteiger partial charge >= 0.3 is 0 Å². The number of hydrogen-bond donors (Lipinski definition) is 4. The minimum Gasteiger partial charge on any atom is -0.390 e. The van der Waals surface area contributed by atoms with Gasteiger partial charge in [-0.05, 0) is 13.8 Å². The quantitative estimate of drug-likeness (QED) is 0.382. The van der Waals surface area contributed by atoms with Crippen LogP contribution in [0.3, 0.4) is 0 Å². The van der Waals surface area contributed by atoms with E-state index in [9.17, 15) is 20.4 Å². The summed E-state index contributed by atoms with van der Waals surface area (Å²) in [5, 5.41) is 37.8. The molecule has 0 aromatic carbocycles. The van der Waals surface area contributed by atoms with Crippen LogP contribution < -0.4 is 0 Å². The Morgan fingerprint density at radius 3 is 1.42 bits per heavy atom. The Bertz CT molecular complexity index is 156. The molecule has 0 bridgehead atoms. The summed E-state index contributed by atoms with van der Waals surface area (Å²) in [5.74, 6) is 0. The van der Waals surface area contributed by atoms with Gasteiger partial charge in [-0.25, -0.2) is 0 Å². The molecule has 4 heteroatoms. The van der Waals surface area contributed by atoms with Crippen molar-refractivity contribution in [2.45, 2.75) is 50.1 Å². The maximum Gasteiger partial charge on any atom is 0.0929 e. The van der Waals surface area contributed by atoms with Gasteiger partial charge in [-0.2, -0.15) is 0 Å². The van der Waals surface area contributed by atoms with Crippen LogP contribution in [-0.4, -0.2) is 43.8 Å². The van der Waals surface area contributed by atoms with Gasteiger partial charge in [0.25, 0.3) is 0 Å². The Hall–Kier alpha value is -0.160. The van der Waals surface area contributed by atoms with Crippen LogP contribution in [0.5, 0.6) is 0 Å². The first-order chi connectivity index (χ1) is 5.26. The summed E-state index contributed by atoms with van der Waals surface area (Å²) in [6, 6.07) is 0. The lowest BCUT2D eigenvalue weighted by molar-refractivity contribution is -0.205. The second-order valence-electron chi connectivity index (χ2n) is 4.09. The van der Waals surface area contributed by atoms with E-state index in [0.717, 1.165) is 0 Å². The van der Waals surface area contributed by atoms with Crippen molar-refractivity contribution in [3.05, 3.63) is 0 Å². The van der Waals surface area contributed by atoms with Crippen LogP contribution in [0.4, 0.5) is 0 Å². The van der Waals surface area contributed by atoms with Gasteiger partial charge in [-0.1, -0.05) is 0 Å². The van der Waals surface area contributed by atoms with E-state index in [1.54, 1.807) is 0 Å². The van der Waals surface area contributed by atoms with E-state index >= 15 is 0 Å². The smallest absolute Gasteiger partial charge is 0.0929 e. The molecule has 1 saturated carbocycles.